The van der Waals surface area contributed by atoms with Crippen LogP contribution in [0, 0.1) is 50.9 Å². The van der Waals surface area contributed by atoms with Crippen LogP contribution in [-0.2, 0) is 20.7 Å². The number of carbonyl (C=O) groups is 2. The molecule has 1 fully saturated rings. The van der Waals surface area contributed by atoms with E-state index in [1.165, 1.54) is 7.11 Å². The van der Waals surface area contributed by atoms with Crippen molar-refractivity contribution in [1.29, 1.82) is 0 Å². The summed E-state index contributed by atoms with van der Waals surface area (Å²) in [6, 6.07) is 0. The van der Waals surface area contributed by atoms with Crippen molar-refractivity contribution in [2.45, 2.75) is 60.0 Å². The Labute approximate surface area is 255 Å². The monoisotopic (exact) mass is 594 g/mol. The molecule has 0 saturated carbocycles. The van der Waals surface area contributed by atoms with E-state index in [2.05, 4.69) is 59.1 Å². The van der Waals surface area contributed by atoms with E-state index in [-0.39, 0.29) is 18.3 Å². The number of nitrogens with one attached hydrogen (secondary N) is 4. The molecule has 3 aromatic heterocycles. The molecule has 3 aromatic rings. The lowest BCUT2D eigenvalue weighted by molar-refractivity contribution is -0.146. The minimum absolute atomic E-state index is 0.0439. The van der Waals surface area contributed by atoms with Crippen LogP contribution in [-0.4, -0.2) is 44.2 Å². The molecule has 3 aliphatic rings. The number of H-pyrrole nitrogens is 3. The number of aliphatic hydroxyl groups is 1. The molecule has 1 saturated heterocycles. The number of rotatable bonds is 5. The van der Waals surface area contributed by atoms with Gasteiger partial charge in [-0.3, -0.25) is 9.59 Å². The topological polar surface area (TPSA) is 143 Å². The number of ether oxygens (including phenoxy) is 1. The van der Waals surface area contributed by atoms with Gasteiger partial charge in [-0.2, -0.15) is 0 Å². The van der Waals surface area contributed by atoms with Crippen LogP contribution in [0.5, 0.6) is 0 Å². The van der Waals surface area contributed by atoms with Gasteiger partial charge in [0.2, 0.25) is 0 Å². The largest absolute Gasteiger partial charge is 0.481 e. The van der Waals surface area contributed by atoms with Crippen molar-refractivity contribution in [3.8, 4) is 12.3 Å². The quantitative estimate of drug-likeness (QED) is 0.197. The molecule has 0 amide bonds. The van der Waals surface area contributed by atoms with Crippen molar-refractivity contribution in [1.82, 2.24) is 20.3 Å². The third-order valence-electron chi connectivity index (χ3n) is 9.83. The van der Waals surface area contributed by atoms with E-state index < -0.39 is 24.0 Å². The van der Waals surface area contributed by atoms with Crippen molar-refractivity contribution in [3.05, 3.63) is 78.2 Å². The van der Waals surface area contributed by atoms with Crippen molar-refractivity contribution < 1.29 is 24.5 Å². The molecular weight excluding hydrogens is 556 g/mol. The predicted octanol–water partition coefficient (Wildman–Crippen LogP) is 3.42. The Hall–Kier alpha value is -4.68. The lowest BCUT2D eigenvalue weighted by atomic mass is 9.84. The van der Waals surface area contributed by atoms with Gasteiger partial charge in [0, 0.05) is 62.9 Å². The fourth-order valence-corrected chi connectivity index (χ4v) is 7.37. The van der Waals surface area contributed by atoms with Gasteiger partial charge in [-0.25, -0.2) is 0 Å². The van der Waals surface area contributed by atoms with Crippen LogP contribution < -0.4 is 16.0 Å². The molecule has 9 heteroatoms. The van der Waals surface area contributed by atoms with E-state index in [1.54, 1.807) is 0 Å². The fraction of sp³-hybridized carbons (Fsp3) is 0.371. The number of hydrogen-bond donors (Lipinski definition) is 6. The zero-order chi connectivity index (χ0) is 31.6. The summed E-state index contributed by atoms with van der Waals surface area (Å²) in [5.41, 5.74) is 10.8. The number of allylic oxidation sites excluding steroid dienone is 2. The van der Waals surface area contributed by atoms with Gasteiger partial charge in [0.15, 0.2) is 0 Å². The minimum Gasteiger partial charge on any atom is -0.481 e. The first-order valence-electron chi connectivity index (χ1n) is 15.0. The van der Waals surface area contributed by atoms with E-state index in [0.29, 0.717) is 23.3 Å². The number of carboxylic acid groups (broad SMARTS) is 1. The molecule has 8 bridgehead atoms. The van der Waals surface area contributed by atoms with Crippen LogP contribution in [0.3, 0.4) is 0 Å². The molecule has 228 valence electrons. The Bertz CT molecular complexity index is 1960. The van der Waals surface area contributed by atoms with Crippen molar-refractivity contribution in [2.24, 2.45) is 17.8 Å². The van der Waals surface area contributed by atoms with Gasteiger partial charge in [-0.1, -0.05) is 19.8 Å². The third-order valence-corrected chi connectivity index (χ3v) is 9.83. The van der Waals surface area contributed by atoms with Crippen LogP contribution in [0.15, 0.2) is 11.4 Å². The predicted molar refractivity (Wildman–Crippen MR) is 168 cm³/mol. The summed E-state index contributed by atoms with van der Waals surface area (Å²) in [6.45, 7) is 10.2. The number of hydrogen-bond acceptors (Lipinski definition) is 5. The molecule has 5 heterocycles. The Morgan fingerprint density at radius 3 is 2.36 bits per heavy atom. The second kappa shape index (κ2) is 10.8. The zero-order valence-corrected chi connectivity index (χ0v) is 25.9. The Kier molecular flexibility index (Phi) is 7.21. The van der Waals surface area contributed by atoms with Crippen LogP contribution in [0.25, 0.3) is 23.8 Å². The lowest BCUT2D eigenvalue weighted by Crippen LogP contribution is -2.24. The molecule has 0 radical (unpaired) electrons. The normalized spacial score (nSPS) is 26.1. The smallest absolute Gasteiger partial charge is 0.316 e. The maximum Gasteiger partial charge on any atom is 0.316 e. The van der Waals surface area contributed by atoms with Gasteiger partial charge in [0.05, 0.1) is 30.2 Å². The summed E-state index contributed by atoms with van der Waals surface area (Å²) in [5, 5.41) is 26.8. The number of aromatic nitrogens is 3. The van der Waals surface area contributed by atoms with E-state index in [4.69, 9.17) is 11.2 Å². The number of esters is 1. The Morgan fingerprint density at radius 2 is 1.70 bits per heavy atom. The lowest BCUT2D eigenvalue weighted by Gasteiger charge is -2.21. The molecule has 4 atom stereocenters. The first-order chi connectivity index (χ1) is 21.0. The van der Waals surface area contributed by atoms with Crippen LogP contribution in [0.2, 0.25) is 0 Å². The summed E-state index contributed by atoms with van der Waals surface area (Å²) in [5.74, 6) is 0.0776. The van der Waals surface area contributed by atoms with E-state index in [9.17, 15) is 19.8 Å². The Morgan fingerprint density at radius 1 is 1.00 bits per heavy atom. The molecule has 0 unspecified atom stereocenters. The van der Waals surface area contributed by atoms with Gasteiger partial charge in [0.25, 0.3) is 0 Å². The number of fused-ring (bicyclic) bond motifs is 7. The molecule has 6 rings (SSSR count). The molecule has 44 heavy (non-hydrogen) atoms. The maximum atomic E-state index is 13.3. The molecule has 0 spiro atoms. The molecule has 1 aliphatic carbocycles. The Balaban J connectivity index is 1.73. The van der Waals surface area contributed by atoms with Gasteiger partial charge < -0.3 is 35.2 Å². The molecule has 9 nitrogen and oxygen atoms in total. The summed E-state index contributed by atoms with van der Waals surface area (Å²) < 4.78 is 5.20. The van der Waals surface area contributed by atoms with Crippen LogP contribution in [0.4, 0.5) is 0 Å². The highest BCUT2D eigenvalue weighted by Gasteiger charge is 2.48. The maximum absolute atomic E-state index is 13.3. The number of carbonyl (C=O) groups excluding carboxylic acids is 1. The number of carboxylic acids is 1. The number of aromatic amines is 3. The summed E-state index contributed by atoms with van der Waals surface area (Å²) in [7, 11) is 1.32. The van der Waals surface area contributed by atoms with Gasteiger partial charge in [-0.05, 0) is 74.1 Å². The van der Waals surface area contributed by atoms with Gasteiger partial charge >= 0.3 is 11.9 Å². The van der Waals surface area contributed by atoms with E-state index in [1.807, 2.05) is 19.9 Å². The highest BCUT2D eigenvalue weighted by Crippen LogP contribution is 2.52. The first kappa shape index (κ1) is 29.4. The number of aliphatic hydroxyl groups excluding tert-OH is 1. The second-order valence-corrected chi connectivity index (χ2v) is 12.1. The van der Waals surface area contributed by atoms with Gasteiger partial charge in [-0.15, -0.1) is 6.42 Å². The highest BCUT2D eigenvalue weighted by molar-refractivity contribution is 5.95. The third kappa shape index (κ3) is 4.36. The standard InChI is InChI=1S/C35H38N4O5/c1-8-19-15(3)22-12-24-17(5)21(10-11-28(40)41)32(38-24)30-31(35(43)44-7)34(42)29-18(6)25(39-33(29)30)14-27-20(9-2)16(4)23(37-27)13-26(19)36-22/h1,12-14,17,21,31,34,36-39,42H,9-11H2,2-7H3,(H,40,41)/b23-13-,24-12-,27-14-,32-30-/t17-,21-,31+,34-/m0/s1. The average Bonchev–Trinajstić information content (AvgIpc) is 3.72. The summed E-state index contributed by atoms with van der Waals surface area (Å²) in [4.78, 5) is 35.7. The zero-order valence-electron chi connectivity index (χ0n) is 25.9. The van der Waals surface area contributed by atoms with E-state index >= 15 is 0 Å². The molecule has 0 aromatic carbocycles. The van der Waals surface area contributed by atoms with Crippen molar-refractivity contribution >= 4 is 35.7 Å². The van der Waals surface area contributed by atoms with Crippen molar-refractivity contribution in [2.75, 3.05) is 7.11 Å². The molecule has 6 N–H and O–H groups in total. The highest BCUT2D eigenvalue weighted by atomic mass is 16.5. The molecule has 2 aliphatic heterocycles. The van der Waals surface area contributed by atoms with Gasteiger partial charge in [0.1, 0.15) is 5.92 Å². The molecular formula is C35H38N4O5. The number of methoxy groups -OCH3 is 1. The number of aliphatic carboxylic acids is 1. The number of terminal acetylenes is 1. The fourth-order valence-electron chi connectivity index (χ4n) is 7.37. The summed E-state index contributed by atoms with van der Waals surface area (Å²) in [6.07, 6.45) is 12.1. The van der Waals surface area contributed by atoms with Crippen LogP contribution in [0.1, 0.15) is 88.9 Å². The van der Waals surface area contributed by atoms with E-state index in [0.717, 1.165) is 73.4 Å². The second-order valence-electron chi connectivity index (χ2n) is 12.1. The van der Waals surface area contributed by atoms with Crippen LogP contribution >= 0.6 is 0 Å². The minimum atomic E-state index is -1.13. The van der Waals surface area contributed by atoms with Crippen molar-refractivity contribution in [3.63, 3.8) is 0 Å². The SMILES string of the molecule is C#Cc1c2[nH]c(c1C)/C=C1\N/C(=C3\c4[nH]c(c(C)c4[C@H](O)[C@@H]3C(=O)OC)/C=c3\[nH]/c(c(C)c3CC)=C\2)[C@@H](CCC(=O)O)[C@@H]1C. The average molecular weight is 595 g/mol. The first-order valence-corrected chi connectivity index (χ1v) is 15.0. The summed E-state index contributed by atoms with van der Waals surface area (Å²) >= 11 is 0.